The van der Waals surface area contributed by atoms with Crippen LogP contribution in [0.3, 0.4) is 0 Å². The zero-order valence-electron chi connectivity index (χ0n) is 14.4. The van der Waals surface area contributed by atoms with Gasteiger partial charge in [0.2, 0.25) is 0 Å². The molecule has 4 aromatic rings. The van der Waals surface area contributed by atoms with Crippen molar-refractivity contribution in [3.05, 3.63) is 53.0 Å². The molecule has 26 heavy (non-hydrogen) atoms. The molecule has 1 aromatic carbocycles. The predicted octanol–water partition coefficient (Wildman–Crippen LogP) is 4.69. The highest BCUT2D eigenvalue weighted by molar-refractivity contribution is 7.10. The van der Waals surface area contributed by atoms with Crippen molar-refractivity contribution in [2.75, 3.05) is 25.0 Å². The summed E-state index contributed by atoms with van der Waals surface area (Å²) in [6, 6.07) is 12.7. The minimum atomic E-state index is 0.367. The standard InChI is InChI=1S/C20H20N4OS/c1-2-7-16-14(6-1)18-19(25-16)20(23-13-22-18)21-12-15(17-8-5-11-26-17)24-9-3-4-10-24/h1-2,5-8,11,13,15H,3-4,9-10,12H2,(H,21,22,23). The topological polar surface area (TPSA) is 54.2 Å². The smallest absolute Gasteiger partial charge is 0.196 e. The number of likely N-dealkylation sites (tertiary alicyclic amines) is 1. The summed E-state index contributed by atoms with van der Waals surface area (Å²) in [4.78, 5) is 12.8. The third kappa shape index (κ3) is 2.75. The van der Waals surface area contributed by atoms with E-state index >= 15 is 0 Å². The molecule has 1 N–H and O–H groups in total. The number of rotatable bonds is 5. The fourth-order valence-corrected chi connectivity index (χ4v) is 4.65. The van der Waals surface area contributed by atoms with Gasteiger partial charge in [-0.3, -0.25) is 4.90 Å². The van der Waals surface area contributed by atoms with Crippen LogP contribution in [0.15, 0.2) is 52.5 Å². The summed E-state index contributed by atoms with van der Waals surface area (Å²) in [7, 11) is 0. The van der Waals surface area contributed by atoms with Crippen LogP contribution < -0.4 is 5.32 Å². The van der Waals surface area contributed by atoms with E-state index in [-0.39, 0.29) is 0 Å². The number of nitrogens with one attached hydrogen (secondary N) is 1. The van der Waals surface area contributed by atoms with Gasteiger partial charge in [-0.2, -0.15) is 0 Å². The van der Waals surface area contributed by atoms with Crippen molar-refractivity contribution in [3.8, 4) is 0 Å². The highest BCUT2D eigenvalue weighted by atomic mass is 32.1. The molecule has 0 radical (unpaired) electrons. The van der Waals surface area contributed by atoms with Crippen molar-refractivity contribution < 1.29 is 4.42 Å². The normalized spacial score (nSPS) is 16.5. The maximum atomic E-state index is 6.03. The summed E-state index contributed by atoms with van der Waals surface area (Å²) in [6.07, 6.45) is 4.18. The number of para-hydroxylation sites is 1. The van der Waals surface area contributed by atoms with Crippen molar-refractivity contribution in [1.82, 2.24) is 14.9 Å². The molecule has 132 valence electrons. The molecule has 1 fully saturated rings. The van der Waals surface area contributed by atoms with Crippen LogP contribution in [0.2, 0.25) is 0 Å². The largest absolute Gasteiger partial charge is 0.450 e. The molecule has 0 bridgehead atoms. The number of benzene rings is 1. The molecule has 0 amide bonds. The first-order valence-corrected chi connectivity index (χ1v) is 9.92. The maximum absolute atomic E-state index is 6.03. The summed E-state index contributed by atoms with van der Waals surface area (Å²) in [5.41, 5.74) is 2.45. The number of anilines is 1. The molecule has 1 unspecified atom stereocenters. The Bertz CT molecular complexity index is 1020. The predicted molar refractivity (Wildman–Crippen MR) is 106 cm³/mol. The minimum absolute atomic E-state index is 0.367. The average Bonchev–Trinajstić information content (AvgIpc) is 3.43. The van der Waals surface area contributed by atoms with Gasteiger partial charge in [0.1, 0.15) is 17.4 Å². The van der Waals surface area contributed by atoms with Gasteiger partial charge < -0.3 is 9.73 Å². The van der Waals surface area contributed by atoms with Gasteiger partial charge in [-0.15, -0.1) is 11.3 Å². The molecule has 0 aliphatic carbocycles. The Hall–Kier alpha value is -2.44. The Morgan fingerprint density at radius 2 is 2.00 bits per heavy atom. The van der Waals surface area contributed by atoms with Crippen LogP contribution in [0.5, 0.6) is 0 Å². The molecule has 1 aliphatic heterocycles. The second kappa shape index (κ2) is 6.70. The van der Waals surface area contributed by atoms with Crippen LogP contribution in [0.1, 0.15) is 23.8 Å². The lowest BCUT2D eigenvalue weighted by Crippen LogP contribution is -2.30. The van der Waals surface area contributed by atoms with E-state index in [1.165, 1.54) is 17.7 Å². The second-order valence-corrected chi connectivity index (χ2v) is 7.63. The van der Waals surface area contributed by atoms with Gasteiger partial charge in [-0.1, -0.05) is 18.2 Å². The third-order valence-electron chi connectivity index (χ3n) is 5.07. The van der Waals surface area contributed by atoms with Crippen molar-refractivity contribution in [1.29, 1.82) is 0 Å². The van der Waals surface area contributed by atoms with Crippen molar-refractivity contribution >= 4 is 39.2 Å². The van der Waals surface area contributed by atoms with E-state index in [2.05, 4.69) is 37.7 Å². The Morgan fingerprint density at radius 3 is 2.85 bits per heavy atom. The van der Waals surface area contributed by atoms with Crippen LogP contribution >= 0.6 is 11.3 Å². The second-order valence-electron chi connectivity index (χ2n) is 6.65. The Balaban J connectivity index is 1.46. The summed E-state index contributed by atoms with van der Waals surface area (Å²) in [6.45, 7) is 3.13. The highest BCUT2D eigenvalue weighted by Crippen LogP contribution is 2.32. The fraction of sp³-hybridized carbons (Fsp3) is 0.300. The number of thiophene rings is 1. The SMILES string of the molecule is c1csc(C(CNc2ncnc3c2oc2ccccc23)N2CCCC2)c1. The van der Waals surface area contributed by atoms with Crippen LogP contribution in [0, 0.1) is 0 Å². The Labute approximate surface area is 155 Å². The Kier molecular flexibility index (Phi) is 4.07. The molecule has 4 heterocycles. The molecule has 1 aliphatic rings. The average molecular weight is 364 g/mol. The highest BCUT2D eigenvalue weighted by Gasteiger charge is 2.24. The van der Waals surface area contributed by atoms with Gasteiger partial charge >= 0.3 is 0 Å². The van der Waals surface area contributed by atoms with E-state index in [1.807, 2.05) is 35.6 Å². The maximum Gasteiger partial charge on any atom is 0.196 e. The molecule has 6 heteroatoms. The minimum Gasteiger partial charge on any atom is -0.450 e. The first-order valence-electron chi connectivity index (χ1n) is 9.04. The van der Waals surface area contributed by atoms with E-state index < -0.39 is 0 Å². The van der Waals surface area contributed by atoms with Crippen molar-refractivity contribution in [2.45, 2.75) is 18.9 Å². The summed E-state index contributed by atoms with van der Waals surface area (Å²) >= 11 is 1.82. The van der Waals surface area contributed by atoms with Gasteiger partial charge in [-0.05, 0) is 49.5 Å². The lowest BCUT2D eigenvalue weighted by molar-refractivity contribution is 0.259. The van der Waals surface area contributed by atoms with Crippen LogP contribution in [-0.2, 0) is 0 Å². The van der Waals surface area contributed by atoms with Gasteiger partial charge in [0.25, 0.3) is 0 Å². The van der Waals surface area contributed by atoms with E-state index in [1.54, 1.807) is 6.33 Å². The van der Waals surface area contributed by atoms with Crippen molar-refractivity contribution in [3.63, 3.8) is 0 Å². The molecule has 3 aromatic heterocycles. The summed E-state index contributed by atoms with van der Waals surface area (Å²) in [5.74, 6) is 0.770. The number of fused-ring (bicyclic) bond motifs is 3. The monoisotopic (exact) mass is 364 g/mol. The van der Waals surface area contributed by atoms with Crippen LogP contribution in [0.4, 0.5) is 5.82 Å². The molecule has 5 rings (SSSR count). The van der Waals surface area contributed by atoms with Gasteiger partial charge in [0.15, 0.2) is 11.4 Å². The van der Waals surface area contributed by atoms with Gasteiger partial charge in [-0.25, -0.2) is 9.97 Å². The zero-order chi connectivity index (χ0) is 17.3. The van der Waals surface area contributed by atoms with Crippen molar-refractivity contribution in [2.24, 2.45) is 0 Å². The molecule has 0 saturated carbocycles. The molecule has 5 nitrogen and oxygen atoms in total. The molecule has 1 atom stereocenters. The molecule has 0 spiro atoms. The third-order valence-corrected chi connectivity index (χ3v) is 6.05. The Morgan fingerprint density at radius 1 is 1.12 bits per heavy atom. The molecular formula is C20H20N4OS. The quantitative estimate of drug-likeness (QED) is 0.557. The van der Waals surface area contributed by atoms with Crippen LogP contribution in [0.25, 0.3) is 22.1 Å². The van der Waals surface area contributed by atoms with E-state index in [0.29, 0.717) is 6.04 Å². The van der Waals surface area contributed by atoms with Crippen LogP contribution in [-0.4, -0.2) is 34.5 Å². The number of aromatic nitrogens is 2. The van der Waals surface area contributed by atoms with E-state index in [9.17, 15) is 0 Å². The first-order chi connectivity index (χ1) is 12.9. The summed E-state index contributed by atoms with van der Waals surface area (Å²) < 4.78 is 6.03. The number of hydrogen-bond acceptors (Lipinski definition) is 6. The lowest BCUT2D eigenvalue weighted by Gasteiger charge is -2.27. The number of furan rings is 1. The number of nitrogens with zero attached hydrogens (tertiary/aromatic N) is 3. The number of hydrogen-bond donors (Lipinski definition) is 1. The summed E-state index contributed by atoms with van der Waals surface area (Å²) in [5, 5.41) is 6.72. The lowest BCUT2D eigenvalue weighted by atomic mass is 10.2. The molecule has 1 saturated heterocycles. The van der Waals surface area contributed by atoms with Gasteiger partial charge in [0, 0.05) is 16.8 Å². The van der Waals surface area contributed by atoms with Gasteiger partial charge in [0.05, 0.1) is 6.04 Å². The van der Waals surface area contributed by atoms with E-state index in [0.717, 1.165) is 47.5 Å². The molecular weight excluding hydrogens is 344 g/mol. The zero-order valence-corrected chi connectivity index (χ0v) is 15.2. The fourth-order valence-electron chi connectivity index (χ4n) is 3.79. The van der Waals surface area contributed by atoms with E-state index in [4.69, 9.17) is 4.42 Å². The first kappa shape index (κ1) is 15.8.